The van der Waals surface area contributed by atoms with Crippen LogP contribution in [0.4, 0.5) is 4.39 Å². The maximum absolute atomic E-state index is 13.2. The highest BCUT2D eigenvalue weighted by Gasteiger charge is 2.26. The fourth-order valence-electron chi connectivity index (χ4n) is 2.65. The number of ether oxygens (including phenoxy) is 2. The highest BCUT2D eigenvalue weighted by molar-refractivity contribution is 5.87. The van der Waals surface area contributed by atoms with Crippen molar-refractivity contribution in [2.75, 3.05) is 20.3 Å². The Labute approximate surface area is 164 Å². The van der Waals surface area contributed by atoms with E-state index in [1.165, 1.54) is 24.1 Å². The second-order valence-corrected chi connectivity index (χ2v) is 6.16. The van der Waals surface area contributed by atoms with E-state index in [1.807, 2.05) is 6.92 Å². The van der Waals surface area contributed by atoms with Crippen LogP contribution in [0.15, 0.2) is 48.5 Å². The van der Waals surface area contributed by atoms with E-state index in [-0.39, 0.29) is 30.8 Å². The van der Waals surface area contributed by atoms with E-state index in [1.54, 1.807) is 43.3 Å². The Morgan fingerprint density at radius 2 is 1.75 bits per heavy atom. The van der Waals surface area contributed by atoms with Crippen LogP contribution >= 0.6 is 0 Å². The summed E-state index contributed by atoms with van der Waals surface area (Å²) >= 11 is 0. The van der Waals surface area contributed by atoms with E-state index in [2.05, 4.69) is 5.32 Å². The van der Waals surface area contributed by atoms with Crippen molar-refractivity contribution in [3.63, 3.8) is 0 Å². The minimum atomic E-state index is -0.709. The van der Waals surface area contributed by atoms with Crippen molar-refractivity contribution < 1.29 is 23.5 Å². The number of halogens is 1. The Balaban J connectivity index is 2.15. The number of amides is 2. The van der Waals surface area contributed by atoms with Gasteiger partial charge < -0.3 is 19.7 Å². The maximum Gasteiger partial charge on any atom is 0.261 e. The molecule has 150 valence electrons. The van der Waals surface area contributed by atoms with Crippen LogP contribution in [0.1, 0.15) is 19.4 Å². The lowest BCUT2D eigenvalue weighted by atomic mass is 10.1. The largest absolute Gasteiger partial charge is 0.493 e. The summed E-state index contributed by atoms with van der Waals surface area (Å²) in [6.07, 6.45) is 0. The van der Waals surface area contributed by atoms with E-state index in [0.29, 0.717) is 23.6 Å². The number of methoxy groups -OCH3 is 1. The first-order chi connectivity index (χ1) is 13.5. The molecular weight excluding hydrogens is 363 g/mol. The third-order valence-electron chi connectivity index (χ3n) is 4.20. The summed E-state index contributed by atoms with van der Waals surface area (Å²) in [6.45, 7) is 3.81. The predicted octanol–water partition coefficient (Wildman–Crippen LogP) is 2.77. The normalized spacial score (nSPS) is 11.4. The van der Waals surface area contributed by atoms with Gasteiger partial charge in [0.2, 0.25) is 5.91 Å². The van der Waals surface area contributed by atoms with E-state index in [0.717, 1.165) is 0 Å². The number of hydrogen-bond donors (Lipinski definition) is 1. The van der Waals surface area contributed by atoms with E-state index in [4.69, 9.17) is 9.47 Å². The van der Waals surface area contributed by atoms with Crippen LogP contribution < -0.4 is 14.8 Å². The van der Waals surface area contributed by atoms with E-state index >= 15 is 0 Å². The molecular formula is C21H25FN2O4. The number of carbonyl (C=O) groups excluding carboxylic acids is 2. The van der Waals surface area contributed by atoms with Gasteiger partial charge in [-0.05, 0) is 43.7 Å². The standard InChI is InChI=1S/C21H25FN2O4/c1-4-23-21(26)15(2)24(13-16-9-11-17(22)12-10-16)20(25)14-28-19-8-6-5-7-18(19)27-3/h5-12,15H,4,13-14H2,1-3H3,(H,23,26)/t15-/m1/s1. The zero-order chi connectivity index (χ0) is 20.5. The molecule has 2 amide bonds. The molecule has 2 rings (SSSR count). The van der Waals surface area contributed by atoms with Gasteiger partial charge in [0.15, 0.2) is 18.1 Å². The van der Waals surface area contributed by atoms with Crippen LogP contribution in [-0.4, -0.2) is 43.0 Å². The van der Waals surface area contributed by atoms with Crippen molar-refractivity contribution >= 4 is 11.8 Å². The smallest absolute Gasteiger partial charge is 0.261 e. The van der Waals surface area contributed by atoms with Crippen LogP contribution in [0.3, 0.4) is 0 Å². The summed E-state index contributed by atoms with van der Waals surface area (Å²) in [7, 11) is 1.52. The SMILES string of the molecule is CCNC(=O)[C@@H](C)N(Cc1ccc(F)cc1)C(=O)COc1ccccc1OC. The summed E-state index contributed by atoms with van der Waals surface area (Å²) in [6, 6.07) is 12.1. The molecule has 0 fully saturated rings. The van der Waals surface area contributed by atoms with Gasteiger partial charge in [-0.2, -0.15) is 0 Å². The molecule has 0 aliphatic heterocycles. The second kappa shape index (κ2) is 10.3. The van der Waals surface area contributed by atoms with Gasteiger partial charge in [-0.25, -0.2) is 4.39 Å². The maximum atomic E-state index is 13.2. The number of rotatable bonds is 9. The molecule has 2 aromatic carbocycles. The lowest BCUT2D eigenvalue weighted by Gasteiger charge is -2.28. The van der Waals surface area contributed by atoms with Crippen LogP contribution in [-0.2, 0) is 16.1 Å². The molecule has 1 atom stereocenters. The Hall–Kier alpha value is -3.09. The van der Waals surface area contributed by atoms with Gasteiger partial charge >= 0.3 is 0 Å². The first-order valence-corrected chi connectivity index (χ1v) is 9.03. The Kier molecular flexibility index (Phi) is 7.80. The predicted molar refractivity (Wildman–Crippen MR) is 104 cm³/mol. The van der Waals surface area contributed by atoms with Crippen LogP contribution in [0.25, 0.3) is 0 Å². The zero-order valence-electron chi connectivity index (χ0n) is 16.3. The fraction of sp³-hybridized carbons (Fsp3) is 0.333. The molecule has 28 heavy (non-hydrogen) atoms. The first kappa shape index (κ1) is 21.2. The zero-order valence-corrected chi connectivity index (χ0v) is 16.3. The minimum absolute atomic E-state index is 0.159. The molecule has 0 heterocycles. The van der Waals surface area contributed by atoms with Gasteiger partial charge in [-0.1, -0.05) is 24.3 Å². The van der Waals surface area contributed by atoms with Gasteiger partial charge in [-0.15, -0.1) is 0 Å². The number of likely N-dealkylation sites (N-methyl/N-ethyl adjacent to an activating group) is 1. The van der Waals surface area contributed by atoms with E-state index < -0.39 is 6.04 Å². The average molecular weight is 388 g/mol. The van der Waals surface area contributed by atoms with Crippen molar-refractivity contribution in [1.82, 2.24) is 10.2 Å². The monoisotopic (exact) mass is 388 g/mol. The topological polar surface area (TPSA) is 67.9 Å². The van der Waals surface area contributed by atoms with Crippen LogP contribution in [0.2, 0.25) is 0 Å². The number of nitrogens with zero attached hydrogens (tertiary/aromatic N) is 1. The molecule has 0 radical (unpaired) electrons. The fourth-order valence-corrected chi connectivity index (χ4v) is 2.65. The van der Waals surface area contributed by atoms with Crippen molar-refractivity contribution in [1.29, 1.82) is 0 Å². The van der Waals surface area contributed by atoms with Crippen LogP contribution in [0, 0.1) is 5.82 Å². The number of carbonyl (C=O) groups is 2. The van der Waals surface area contributed by atoms with Gasteiger partial charge in [-0.3, -0.25) is 9.59 Å². The number of benzene rings is 2. The summed E-state index contributed by atoms with van der Waals surface area (Å²) in [5.74, 6) is -0.0509. The van der Waals surface area contributed by atoms with E-state index in [9.17, 15) is 14.0 Å². The summed E-state index contributed by atoms with van der Waals surface area (Å²) in [5.41, 5.74) is 0.711. The quantitative estimate of drug-likeness (QED) is 0.717. The molecule has 0 unspecified atom stereocenters. The number of para-hydroxylation sites is 2. The molecule has 7 heteroatoms. The number of nitrogens with one attached hydrogen (secondary N) is 1. The minimum Gasteiger partial charge on any atom is -0.493 e. The van der Waals surface area contributed by atoms with Gasteiger partial charge in [0.05, 0.1) is 7.11 Å². The highest BCUT2D eigenvalue weighted by atomic mass is 19.1. The van der Waals surface area contributed by atoms with Gasteiger partial charge in [0.25, 0.3) is 5.91 Å². The molecule has 0 bridgehead atoms. The molecule has 1 N–H and O–H groups in total. The van der Waals surface area contributed by atoms with Crippen molar-refractivity contribution in [3.05, 3.63) is 59.9 Å². The molecule has 6 nitrogen and oxygen atoms in total. The van der Waals surface area contributed by atoms with Gasteiger partial charge in [0.1, 0.15) is 11.9 Å². The molecule has 0 saturated heterocycles. The molecule has 0 aliphatic rings. The first-order valence-electron chi connectivity index (χ1n) is 9.03. The highest BCUT2D eigenvalue weighted by Crippen LogP contribution is 2.25. The average Bonchev–Trinajstić information content (AvgIpc) is 2.71. The lowest BCUT2D eigenvalue weighted by molar-refractivity contribution is -0.142. The molecule has 0 aliphatic carbocycles. The summed E-state index contributed by atoms with van der Waals surface area (Å²) in [5, 5.41) is 2.71. The molecule has 2 aromatic rings. The summed E-state index contributed by atoms with van der Waals surface area (Å²) < 4.78 is 24.0. The Morgan fingerprint density at radius 1 is 1.11 bits per heavy atom. The number of hydrogen-bond acceptors (Lipinski definition) is 4. The molecule has 0 aromatic heterocycles. The summed E-state index contributed by atoms with van der Waals surface area (Å²) in [4.78, 5) is 26.5. The lowest BCUT2D eigenvalue weighted by Crippen LogP contribution is -2.49. The Bertz CT molecular complexity index is 795. The molecule has 0 saturated carbocycles. The van der Waals surface area contributed by atoms with Crippen molar-refractivity contribution in [2.24, 2.45) is 0 Å². The second-order valence-electron chi connectivity index (χ2n) is 6.16. The van der Waals surface area contributed by atoms with Crippen molar-refractivity contribution in [2.45, 2.75) is 26.4 Å². The molecule has 0 spiro atoms. The third kappa shape index (κ3) is 5.70. The van der Waals surface area contributed by atoms with Crippen molar-refractivity contribution in [3.8, 4) is 11.5 Å². The van der Waals surface area contributed by atoms with Gasteiger partial charge in [0, 0.05) is 13.1 Å². The van der Waals surface area contributed by atoms with Crippen LogP contribution in [0.5, 0.6) is 11.5 Å². The third-order valence-corrected chi connectivity index (χ3v) is 4.20. The Morgan fingerprint density at radius 3 is 2.36 bits per heavy atom.